The molecule has 0 aliphatic rings. The fourth-order valence-electron chi connectivity index (χ4n) is 2.42. The molecule has 0 bridgehead atoms. The van der Waals surface area contributed by atoms with Crippen LogP contribution in [0.2, 0.25) is 5.02 Å². The van der Waals surface area contributed by atoms with Gasteiger partial charge in [0.2, 0.25) is 0 Å². The summed E-state index contributed by atoms with van der Waals surface area (Å²) >= 11 is 6.04. The van der Waals surface area contributed by atoms with Gasteiger partial charge in [0.1, 0.15) is 5.75 Å². The molecule has 3 aromatic rings. The molecule has 28 heavy (non-hydrogen) atoms. The van der Waals surface area contributed by atoms with Crippen molar-refractivity contribution in [2.45, 2.75) is 0 Å². The lowest BCUT2D eigenvalue weighted by molar-refractivity contribution is 0.0954. The number of amides is 2. The number of halogens is 1. The van der Waals surface area contributed by atoms with Gasteiger partial charge < -0.3 is 10.4 Å². The first-order valence-corrected chi connectivity index (χ1v) is 8.69. The first-order valence-electron chi connectivity index (χ1n) is 8.31. The zero-order chi connectivity index (χ0) is 19.9. The largest absolute Gasteiger partial charge is 0.508 e. The van der Waals surface area contributed by atoms with Crippen molar-refractivity contribution in [3.8, 4) is 5.75 Å². The van der Waals surface area contributed by atoms with E-state index in [0.717, 1.165) is 0 Å². The molecular weight excluding hydrogens is 378 g/mol. The van der Waals surface area contributed by atoms with Gasteiger partial charge in [-0.2, -0.15) is 5.10 Å². The Hall–Kier alpha value is -3.64. The van der Waals surface area contributed by atoms with Crippen molar-refractivity contribution in [1.82, 2.24) is 5.43 Å². The first-order chi connectivity index (χ1) is 13.5. The molecule has 6 nitrogen and oxygen atoms in total. The van der Waals surface area contributed by atoms with Crippen LogP contribution in [0.4, 0.5) is 5.69 Å². The van der Waals surface area contributed by atoms with Gasteiger partial charge in [-0.3, -0.25) is 9.59 Å². The van der Waals surface area contributed by atoms with E-state index in [1.807, 2.05) is 0 Å². The molecule has 3 rings (SSSR count). The fraction of sp³-hybridized carbons (Fsp3) is 0. The van der Waals surface area contributed by atoms with Gasteiger partial charge in [0.25, 0.3) is 11.8 Å². The number of nitrogens with one attached hydrogen (secondary N) is 2. The molecule has 0 unspecified atom stereocenters. The highest BCUT2D eigenvalue weighted by Gasteiger charge is 2.09. The van der Waals surface area contributed by atoms with Crippen molar-refractivity contribution >= 4 is 35.3 Å². The molecule has 3 N–H and O–H groups in total. The highest BCUT2D eigenvalue weighted by Crippen LogP contribution is 2.17. The number of phenolic OH excluding ortho intramolecular Hbond substituents is 1. The van der Waals surface area contributed by atoms with Crippen LogP contribution in [0, 0.1) is 0 Å². The molecular formula is C21H16ClN3O3. The van der Waals surface area contributed by atoms with Crippen LogP contribution < -0.4 is 10.7 Å². The third-order valence-corrected chi connectivity index (χ3v) is 4.08. The summed E-state index contributed by atoms with van der Waals surface area (Å²) in [5.41, 5.74) is 4.29. The van der Waals surface area contributed by atoms with Crippen LogP contribution in [0.3, 0.4) is 0 Å². The van der Waals surface area contributed by atoms with E-state index in [0.29, 0.717) is 21.8 Å². The Labute approximate surface area is 166 Å². The van der Waals surface area contributed by atoms with Crippen molar-refractivity contribution in [2.75, 3.05) is 5.32 Å². The zero-order valence-electron chi connectivity index (χ0n) is 14.6. The summed E-state index contributed by atoms with van der Waals surface area (Å²) < 4.78 is 0. The highest BCUT2D eigenvalue weighted by atomic mass is 35.5. The number of phenols is 1. The quantitative estimate of drug-likeness (QED) is 0.451. The number of hydrazone groups is 1. The average molecular weight is 394 g/mol. The van der Waals surface area contributed by atoms with Crippen LogP contribution in [0.1, 0.15) is 26.3 Å². The van der Waals surface area contributed by atoms with E-state index in [2.05, 4.69) is 15.8 Å². The molecule has 140 valence electrons. The predicted molar refractivity (Wildman–Crippen MR) is 109 cm³/mol. The van der Waals surface area contributed by atoms with E-state index >= 15 is 0 Å². The fourth-order valence-corrected chi connectivity index (χ4v) is 2.64. The van der Waals surface area contributed by atoms with Gasteiger partial charge in [-0.1, -0.05) is 41.9 Å². The Bertz CT molecular complexity index is 1050. The van der Waals surface area contributed by atoms with Crippen LogP contribution in [-0.4, -0.2) is 23.1 Å². The predicted octanol–water partition coefficient (Wildman–Crippen LogP) is 4.06. The summed E-state index contributed by atoms with van der Waals surface area (Å²) in [7, 11) is 0. The SMILES string of the molecule is O=C(N/N=C\c1cccc(NC(=O)c2ccccc2Cl)c1)c1cccc(O)c1. The Balaban J connectivity index is 1.64. The summed E-state index contributed by atoms with van der Waals surface area (Å²) in [4.78, 5) is 24.3. The second-order valence-electron chi connectivity index (χ2n) is 5.81. The standard InChI is InChI=1S/C21H16ClN3O3/c22-19-10-2-1-9-18(19)21(28)24-16-7-3-5-14(11-16)13-23-25-20(27)15-6-4-8-17(26)12-15/h1-13,26H,(H,24,28)(H,25,27)/b23-13-. The van der Waals surface area contributed by atoms with Gasteiger partial charge in [0.15, 0.2) is 0 Å². The number of nitrogens with zero attached hydrogens (tertiary/aromatic N) is 1. The second kappa shape index (κ2) is 8.83. The molecule has 0 fully saturated rings. The smallest absolute Gasteiger partial charge is 0.271 e. The maximum absolute atomic E-state index is 12.3. The van der Waals surface area contributed by atoms with Gasteiger partial charge in [0, 0.05) is 11.3 Å². The Morgan fingerprint density at radius 2 is 1.71 bits per heavy atom. The molecule has 0 aliphatic carbocycles. The molecule has 7 heteroatoms. The lowest BCUT2D eigenvalue weighted by Crippen LogP contribution is -2.17. The lowest BCUT2D eigenvalue weighted by Gasteiger charge is -2.07. The van der Waals surface area contributed by atoms with Gasteiger partial charge in [-0.25, -0.2) is 5.43 Å². The van der Waals surface area contributed by atoms with Crippen LogP contribution in [0.15, 0.2) is 77.9 Å². The molecule has 0 heterocycles. The number of anilines is 1. The molecule has 0 saturated carbocycles. The zero-order valence-corrected chi connectivity index (χ0v) is 15.4. The second-order valence-corrected chi connectivity index (χ2v) is 6.22. The Kier molecular flexibility index (Phi) is 6.04. The van der Waals surface area contributed by atoms with Crippen LogP contribution in [0.25, 0.3) is 0 Å². The minimum absolute atomic E-state index is 0.00130. The van der Waals surface area contributed by atoms with Gasteiger partial charge in [-0.15, -0.1) is 0 Å². The first kappa shape index (κ1) is 19.1. The Morgan fingerprint density at radius 1 is 0.929 bits per heavy atom. The molecule has 0 spiro atoms. The topological polar surface area (TPSA) is 90.8 Å². The highest BCUT2D eigenvalue weighted by molar-refractivity contribution is 6.34. The molecule has 0 aliphatic heterocycles. The monoisotopic (exact) mass is 393 g/mol. The molecule has 0 radical (unpaired) electrons. The molecule has 0 aromatic heterocycles. The number of aromatic hydroxyl groups is 1. The number of rotatable bonds is 5. The molecule has 0 atom stereocenters. The Morgan fingerprint density at radius 3 is 2.50 bits per heavy atom. The van der Waals surface area contributed by atoms with Crippen LogP contribution in [-0.2, 0) is 0 Å². The van der Waals surface area contributed by atoms with E-state index < -0.39 is 5.91 Å². The number of carbonyl (C=O) groups excluding carboxylic acids is 2. The molecule has 3 aromatic carbocycles. The summed E-state index contributed by atoms with van der Waals surface area (Å²) in [5, 5.41) is 16.4. The van der Waals surface area contributed by atoms with Crippen molar-refractivity contribution < 1.29 is 14.7 Å². The number of carbonyl (C=O) groups is 2. The maximum atomic E-state index is 12.3. The van der Waals surface area contributed by atoms with Gasteiger partial charge in [0.05, 0.1) is 16.8 Å². The minimum atomic E-state index is -0.449. The van der Waals surface area contributed by atoms with Crippen molar-refractivity contribution in [2.24, 2.45) is 5.10 Å². The van der Waals surface area contributed by atoms with Crippen molar-refractivity contribution in [3.63, 3.8) is 0 Å². The molecule has 2 amide bonds. The van der Waals surface area contributed by atoms with E-state index in [9.17, 15) is 14.7 Å². The lowest BCUT2D eigenvalue weighted by atomic mass is 10.2. The van der Waals surface area contributed by atoms with Crippen LogP contribution >= 0.6 is 11.6 Å². The summed E-state index contributed by atoms with van der Waals surface area (Å²) in [5.74, 6) is -0.772. The number of hydrogen-bond donors (Lipinski definition) is 3. The third kappa shape index (κ3) is 4.96. The number of hydrogen-bond acceptors (Lipinski definition) is 4. The summed E-state index contributed by atoms with van der Waals surface area (Å²) in [6.45, 7) is 0. The summed E-state index contributed by atoms with van der Waals surface area (Å²) in [6.07, 6.45) is 1.45. The van der Waals surface area contributed by atoms with E-state index in [1.54, 1.807) is 60.7 Å². The minimum Gasteiger partial charge on any atom is -0.508 e. The van der Waals surface area contributed by atoms with Gasteiger partial charge >= 0.3 is 0 Å². The van der Waals surface area contributed by atoms with Gasteiger partial charge in [-0.05, 0) is 48.0 Å². The number of benzene rings is 3. The average Bonchev–Trinajstić information content (AvgIpc) is 2.68. The van der Waals surface area contributed by atoms with E-state index in [1.165, 1.54) is 18.3 Å². The van der Waals surface area contributed by atoms with Crippen LogP contribution in [0.5, 0.6) is 5.75 Å². The maximum Gasteiger partial charge on any atom is 0.271 e. The normalized spacial score (nSPS) is 10.6. The van der Waals surface area contributed by atoms with Crippen molar-refractivity contribution in [3.05, 3.63) is 94.5 Å². The molecule has 0 saturated heterocycles. The van der Waals surface area contributed by atoms with E-state index in [-0.39, 0.29) is 17.2 Å². The van der Waals surface area contributed by atoms with E-state index in [4.69, 9.17) is 11.6 Å². The van der Waals surface area contributed by atoms with Crippen molar-refractivity contribution in [1.29, 1.82) is 0 Å². The third-order valence-electron chi connectivity index (χ3n) is 3.75. The summed E-state index contributed by atoms with van der Waals surface area (Å²) in [6, 6.07) is 19.7.